The molecule has 182 valence electrons. The summed E-state index contributed by atoms with van der Waals surface area (Å²) in [6.07, 6.45) is 2.23. The Balaban J connectivity index is 1.25. The van der Waals surface area contributed by atoms with Gasteiger partial charge in [0.1, 0.15) is 11.1 Å². The van der Waals surface area contributed by atoms with Crippen molar-refractivity contribution in [2.24, 2.45) is 0 Å². The number of benzene rings is 1. The number of hydrogen-bond donors (Lipinski definition) is 2. The maximum absolute atomic E-state index is 12.5. The highest BCUT2D eigenvalue weighted by molar-refractivity contribution is 7.16. The summed E-state index contributed by atoms with van der Waals surface area (Å²) < 4.78 is 11.1. The number of thiophene rings is 1. The van der Waals surface area contributed by atoms with Crippen molar-refractivity contribution < 1.29 is 19.4 Å². The van der Waals surface area contributed by atoms with E-state index in [0.29, 0.717) is 56.1 Å². The normalized spacial score (nSPS) is 14.2. The zero-order chi connectivity index (χ0) is 24.5. The maximum Gasteiger partial charge on any atom is 0.225 e. The van der Waals surface area contributed by atoms with Crippen LogP contribution in [0.3, 0.4) is 0 Å². The number of nitrogens with one attached hydrogen (secondary N) is 1. The van der Waals surface area contributed by atoms with Crippen molar-refractivity contribution in [1.29, 1.82) is 5.26 Å². The Hall–Kier alpha value is -3.13. The van der Waals surface area contributed by atoms with Crippen LogP contribution in [0.4, 0.5) is 5.00 Å². The standard InChI is InChI=1S/C26H28N4O4S/c27-16-22-21-11-13-30(26(32)34-15-14-33-18-20-8-4-5-12-28-20)17-23(21)35-25(22)29-24(31)10-9-19-6-2-1-3-7-19/h1-8,12,26,32H,9-11,13-15,17-18H2,(H,29,31). The number of amides is 1. The predicted octanol–water partition coefficient (Wildman–Crippen LogP) is 3.45. The van der Waals surface area contributed by atoms with E-state index < -0.39 is 6.41 Å². The number of rotatable bonds is 11. The summed E-state index contributed by atoms with van der Waals surface area (Å²) in [7, 11) is 0. The average Bonchev–Trinajstić information content (AvgIpc) is 3.24. The molecule has 1 atom stereocenters. The molecule has 0 fully saturated rings. The fourth-order valence-corrected chi connectivity index (χ4v) is 5.13. The molecule has 8 nitrogen and oxygen atoms in total. The lowest BCUT2D eigenvalue weighted by molar-refractivity contribution is -0.203. The number of pyridine rings is 1. The average molecular weight is 493 g/mol. The summed E-state index contributed by atoms with van der Waals surface area (Å²) in [5, 5.41) is 23.7. The van der Waals surface area contributed by atoms with Crippen LogP contribution in [0, 0.1) is 11.3 Å². The van der Waals surface area contributed by atoms with E-state index in [0.717, 1.165) is 21.7 Å². The highest BCUT2D eigenvalue weighted by Gasteiger charge is 2.28. The van der Waals surface area contributed by atoms with Crippen molar-refractivity contribution >= 4 is 22.2 Å². The molecule has 0 radical (unpaired) electrons. The van der Waals surface area contributed by atoms with Gasteiger partial charge in [0.15, 0.2) is 0 Å². The molecule has 1 amide bonds. The molecule has 1 aliphatic rings. The van der Waals surface area contributed by atoms with E-state index in [1.165, 1.54) is 11.3 Å². The first kappa shape index (κ1) is 25.0. The molecule has 3 heterocycles. The molecule has 0 saturated heterocycles. The van der Waals surface area contributed by atoms with Gasteiger partial charge in [-0.1, -0.05) is 36.4 Å². The third-order valence-electron chi connectivity index (χ3n) is 5.72. The molecule has 35 heavy (non-hydrogen) atoms. The molecule has 2 aromatic heterocycles. The van der Waals surface area contributed by atoms with Gasteiger partial charge in [0.05, 0.1) is 31.1 Å². The first-order chi connectivity index (χ1) is 17.1. The third kappa shape index (κ3) is 6.94. The fourth-order valence-electron chi connectivity index (χ4n) is 3.89. The number of nitrogens with zero attached hydrogens (tertiary/aromatic N) is 3. The number of carbonyl (C=O) groups excluding carboxylic acids is 1. The molecule has 1 unspecified atom stereocenters. The lowest BCUT2D eigenvalue weighted by Gasteiger charge is -2.30. The molecule has 3 aromatic rings. The number of hydrogen-bond acceptors (Lipinski definition) is 8. The summed E-state index contributed by atoms with van der Waals surface area (Å²) >= 11 is 1.39. The van der Waals surface area contributed by atoms with Gasteiger partial charge in [-0.2, -0.15) is 5.26 Å². The van der Waals surface area contributed by atoms with E-state index in [1.807, 2.05) is 48.5 Å². The fraction of sp³-hybridized carbons (Fsp3) is 0.346. The van der Waals surface area contributed by atoms with Gasteiger partial charge in [-0.05, 0) is 36.1 Å². The number of aryl methyl sites for hydroxylation is 1. The van der Waals surface area contributed by atoms with Crippen molar-refractivity contribution in [1.82, 2.24) is 9.88 Å². The zero-order valence-corrected chi connectivity index (χ0v) is 20.2. The Morgan fingerprint density at radius 2 is 2.06 bits per heavy atom. The lowest BCUT2D eigenvalue weighted by atomic mass is 10.0. The number of anilines is 1. The predicted molar refractivity (Wildman–Crippen MR) is 132 cm³/mol. The summed E-state index contributed by atoms with van der Waals surface area (Å²) in [6.45, 7) is 1.97. The minimum atomic E-state index is -1.07. The van der Waals surface area contributed by atoms with E-state index in [2.05, 4.69) is 16.4 Å². The van der Waals surface area contributed by atoms with Crippen LogP contribution in [0.25, 0.3) is 0 Å². The SMILES string of the molecule is N#Cc1c(NC(=O)CCc2ccccc2)sc2c1CCN(C(O)OCCOCc1ccccn1)C2. The quantitative estimate of drug-likeness (QED) is 0.312. The van der Waals surface area contributed by atoms with E-state index in [-0.39, 0.29) is 12.5 Å². The van der Waals surface area contributed by atoms with E-state index >= 15 is 0 Å². The van der Waals surface area contributed by atoms with Crippen LogP contribution in [0.2, 0.25) is 0 Å². The van der Waals surface area contributed by atoms with Crippen molar-refractivity contribution in [3.8, 4) is 6.07 Å². The summed E-state index contributed by atoms with van der Waals surface area (Å²) in [5.41, 5.74) is 3.40. The van der Waals surface area contributed by atoms with Crippen molar-refractivity contribution in [2.75, 3.05) is 25.1 Å². The monoisotopic (exact) mass is 492 g/mol. The smallest absolute Gasteiger partial charge is 0.225 e. The van der Waals surface area contributed by atoms with E-state index in [4.69, 9.17) is 9.47 Å². The molecular formula is C26H28N4O4S. The molecule has 0 aliphatic carbocycles. The van der Waals surface area contributed by atoms with Crippen molar-refractivity contribution in [3.05, 3.63) is 82.0 Å². The van der Waals surface area contributed by atoms with Crippen LogP contribution in [0.1, 0.15) is 33.7 Å². The van der Waals surface area contributed by atoms with Crippen LogP contribution in [-0.4, -0.2) is 47.1 Å². The third-order valence-corrected chi connectivity index (χ3v) is 6.85. The molecule has 0 spiro atoms. The number of ether oxygens (including phenoxy) is 2. The van der Waals surface area contributed by atoms with Gasteiger partial charge in [-0.25, -0.2) is 4.90 Å². The molecule has 0 bridgehead atoms. The Morgan fingerprint density at radius 3 is 2.83 bits per heavy atom. The van der Waals surface area contributed by atoms with Gasteiger partial charge < -0.3 is 19.9 Å². The van der Waals surface area contributed by atoms with Gasteiger partial charge >= 0.3 is 0 Å². The molecule has 1 aliphatic heterocycles. The van der Waals surface area contributed by atoms with E-state index in [9.17, 15) is 15.2 Å². The molecule has 1 aromatic carbocycles. The van der Waals surface area contributed by atoms with Crippen LogP contribution < -0.4 is 5.32 Å². The maximum atomic E-state index is 12.5. The number of aromatic nitrogens is 1. The molecule has 2 N–H and O–H groups in total. The Labute approximate surface area is 208 Å². The first-order valence-electron chi connectivity index (χ1n) is 11.5. The number of aliphatic hydroxyl groups excluding tert-OH is 1. The summed E-state index contributed by atoms with van der Waals surface area (Å²) in [6, 6.07) is 17.7. The Morgan fingerprint density at radius 1 is 1.23 bits per heavy atom. The first-order valence-corrected chi connectivity index (χ1v) is 12.4. The Bertz CT molecular complexity index is 1150. The minimum absolute atomic E-state index is 0.116. The second-order valence-electron chi connectivity index (χ2n) is 8.14. The second kappa shape index (κ2) is 12.5. The van der Waals surface area contributed by atoms with Gasteiger partial charge in [0, 0.05) is 30.6 Å². The van der Waals surface area contributed by atoms with Crippen LogP contribution in [-0.2, 0) is 40.3 Å². The summed E-state index contributed by atoms with van der Waals surface area (Å²) in [4.78, 5) is 19.5. The van der Waals surface area contributed by atoms with Crippen molar-refractivity contribution in [3.63, 3.8) is 0 Å². The van der Waals surface area contributed by atoms with Crippen LogP contribution in [0.5, 0.6) is 0 Å². The van der Waals surface area contributed by atoms with Crippen molar-refractivity contribution in [2.45, 2.75) is 38.8 Å². The summed E-state index contributed by atoms with van der Waals surface area (Å²) in [5.74, 6) is -0.116. The van der Waals surface area contributed by atoms with Crippen LogP contribution in [0.15, 0.2) is 54.7 Å². The molecular weight excluding hydrogens is 464 g/mol. The largest absolute Gasteiger partial charge is 0.373 e. The van der Waals surface area contributed by atoms with Crippen LogP contribution >= 0.6 is 11.3 Å². The highest BCUT2D eigenvalue weighted by atomic mass is 32.1. The zero-order valence-electron chi connectivity index (χ0n) is 19.4. The van der Waals surface area contributed by atoms with Gasteiger partial charge in [0.25, 0.3) is 0 Å². The number of aliphatic hydroxyl groups is 1. The van der Waals surface area contributed by atoms with Gasteiger partial charge in [-0.15, -0.1) is 11.3 Å². The topological polar surface area (TPSA) is 108 Å². The Kier molecular flexibility index (Phi) is 8.95. The highest BCUT2D eigenvalue weighted by Crippen LogP contribution is 2.37. The second-order valence-corrected chi connectivity index (χ2v) is 9.25. The van der Waals surface area contributed by atoms with Gasteiger partial charge in [0.2, 0.25) is 12.3 Å². The number of nitriles is 1. The van der Waals surface area contributed by atoms with E-state index in [1.54, 1.807) is 11.1 Å². The number of fused-ring (bicyclic) bond motifs is 1. The minimum Gasteiger partial charge on any atom is -0.373 e. The molecule has 0 saturated carbocycles. The molecule has 9 heteroatoms. The van der Waals surface area contributed by atoms with Gasteiger partial charge in [-0.3, -0.25) is 9.78 Å². The number of carbonyl (C=O) groups is 1. The molecule has 4 rings (SSSR count). The lowest BCUT2D eigenvalue weighted by Crippen LogP contribution is -2.41.